The van der Waals surface area contributed by atoms with Gasteiger partial charge in [0, 0.05) is 11.1 Å². The summed E-state index contributed by atoms with van der Waals surface area (Å²) in [6, 6.07) is 4.47. The van der Waals surface area contributed by atoms with E-state index in [1.54, 1.807) is 0 Å². The Hall–Kier alpha value is -2.08. The first-order chi connectivity index (χ1) is 8.06. The number of aromatic nitrogens is 1. The summed E-state index contributed by atoms with van der Waals surface area (Å²) in [5.74, 6) is 0. The highest BCUT2D eigenvalue weighted by Crippen LogP contribution is 2.23. The van der Waals surface area contributed by atoms with Gasteiger partial charge in [-0.3, -0.25) is 10.1 Å². The molecule has 1 heterocycles. The third kappa shape index (κ3) is 2.54. The van der Waals surface area contributed by atoms with Gasteiger partial charge in [-0.25, -0.2) is 0 Å². The Morgan fingerprint density at radius 3 is 3.06 bits per heavy atom. The standard InChI is InChI=1S/C10H8ClN3O3/c1-6(11)5-12-10-13-8-3-2-7(14(15)16)4-9(8)17-10/h2-4H,1,5H2,(H,12,13). The zero-order chi connectivity index (χ0) is 12.4. The average molecular weight is 254 g/mol. The third-order valence-electron chi connectivity index (χ3n) is 2.01. The summed E-state index contributed by atoms with van der Waals surface area (Å²) in [5.41, 5.74) is 0.849. The number of nitro groups is 1. The zero-order valence-electron chi connectivity index (χ0n) is 8.64. The number of fused-ring (bicyclic) bond motifs is 1. The molecule has 0 radical (unpaired) electrons. The summed E-state index contributed by atoms with van der Waals surface area (Å²) in [6.45, 7) is 3.82. The molecule has 0 spiro atoms. The molecule has 0 unspecified atom stereocenters. The van der Waals surface area contributed by atoms with E-state index in [-0.39, 0.29) is 11.7 Å². The molecular formula is C10H8ClN3O3. The maximum Gasteiger partial charge on any atom is 0.295 e. The molecule has 1 aromatic heterocycles. The Morgan fingerprint density at radius 1 is 1.65 bits per heavy atom. The predicted molar refractivity (Wildman–Crippen MR) is 64.1 cm³/mol. The first-order valence-electron chi connectivity index (χ1n) is 4.68. The fourth-order valence-electron chi connectivity index (χ4n) is 1.27. The maximum atomic E-state index is 10.6. The molecule has 1 aromatic carbocycles. The lowest BCUT2D eigenvalue weighted by molar-refractivity contribution is -0.384. The van der Waals surface area contributed by atoms with Crippen LogP contribution in [0.5, 0.6) is 0 Å². The highest BCUT2D eigenvalue weighted by molar-refractivity contribution is 6.29. The summed E-state index contributed by atoms with van der Waals surface area (Å²) in [7, 11) is 0. The van der Waals surface area contributed by atoms with Crippen LogP contribution in [0.25, 0.3) is 11.1 Å². The Bertz CT molecular complexity index is 593. The quantitative estimate of drug-likeness (QED) is 0.669. The lowest BCUT2D eigenvalue weighted by Crippen LogP contribution is -2.00. The fraction of sp³-hybridized carbons (Fsp3) is 0.100. The molecule has 17 heavy (non-hydrogen) atoms. The largest absolute Gasteiger partial charge is 0.423 e. The summed E-state index contributed by atoms with van der Waals surface area (Å²) >= 11 is 5.58. The van der Waals surface area contributed by atoms with Crippen molar-refractivity contribution in [3.8, 4) is 0 Å². The number of oxazole rings is 1. The number of hydrogen-bond acceptors (Lipinski definition) is 5. The van der Waals surface area contributed by atoms with Crippen LogP contribution < -0.4 is 5.32 Å². The number of halogens is 1. The summed E-state index contributed by atoms with van der Waals surface area (Å²) in [4.78, 5) is 14.2. The first-order valence-corrected chi connectivity index (χ1v) is 5.06. The van der Waals surface area contributed by atoms with E-state index in [0.29, 0.717) is 22.7 Å². The number of benzene rings is 1. The first kappa shape index (κ1) is 11.4. The number of rotatable bonds is 4. The Labute approximate surface area is 101 Å². The van der Waals surface area contributed by atoms with E-state index >= 15 is 0 Å². The van der Waals surface area contributed by atoms with Gasteiger partial charge >= 0.3 is 0 Å². The van der Waals surface area contributed by atoms with E-state index in [2.05, 4.69) is 16.9 Å². The minimum atomic E-state index is -0.490. The van der Waals surface area contributed by atoms with E-state index in [1.165, 1.54) is 18.2 Å². The van der Waals surface area contributed by atoms with Crippen LogP contribution >= 0.6 is 11.6 Å². The van der Waals surface area contributed by atoms with Crippen molar-refractivity contribution in [1.29, 1.82) is 0 Å². The van der Waals surface area contributed by atoms with Crippen LogP contribution in [-0.2, 0) is 0 Å². The van der Waals surface area contributed by atoms with Gasteiger partial charge in [-0.2, -0.15) is 4.98 Å². The molecule has 0 fully saturated rings. The number of nitrogens with zero attached hydrogens (tertiary/aromatic N) is 2. The minimum Gasteiger partial charge on any atom is -0.423 e. The van der Waals surface area contributed by atoms with E-state index in [0.717, 1.165) is 0 Å². The second-order valence-electron chi connectivity index (χ2n) is 3.30. The van der Waals surface area contributed by atoms with E-state index in [4.69, 9.17) is 16.0 Å². The van der Waals surface area contributed by atoms with Crippen molar-refractivity contribution in [3.05, 3.63) is 39.9 Å². The van der Waals surface area contributed by atoms with Gasteiger partial charge in [0.05, 0.1) is 17.5 Å². The molecule has 0 aliphatic heterocycles. The number of hydrogen-bond donors (Lipinski definition) is 1. The van der Waals surface area contributed by atoms with E-state index in [1.807, 2.05) is 0 Å². The summed E-state index contributed by atoms with van der Waals surface area (Å²) in [5, 5.41) is 13.8. The van der Waals surface area contributed by atoms with Crippen molar-refractivity contribution >= 4 is 34.4 Å². The second-order valence-corrected chi connectivity index (χ2v) is 3.83. The van der Waals surface area contributed by atoms with E-state index in [9.17, 15) is 10.1 Å². The highest BCUT2D eigenvalue weighted by atomic mass is 35.5. The maximum absolute atomic E-state index is 10.6. The Kier molecular flexibility index (Phi) is 2.97. The summed E-state index contributed by atoms with van der Waals surface area (Å²) in [6.07, 6.45) is 0. The number of nitrogens with one attached hydrogen (secondary N) is 1. The normalized spacial score (nSPS) is 10.4. The van der Waals surface area contributed by atoms with Gasteiger partial charge in [-0.15, -0.1) is 0 Å². The molecule has 0 atom stereocenters. The van der Waals surface area contributed by atoms with Crippen LogP contribution in [0.15, 0.2) is 34.2 Å². The SMILES string of the molecule is C=C(Cl)CNc1nc2ccc([N+](=O)[O-])cc2o1. The van der Waals surface area contributed by atoms with Crippen molar-refractivity contribution < 1.29 is 9.34 Å². The monoisotopic (exact) mass is 253 g/mol. The molecule has 0 aliphatic rings. The van der Waals surface area contributed by atoms with Gasteiger partial charge in [-0.1, -0.05) is 18.2 Å². The predicted octanol–water partition coefficient (Wildman–Crippen LogP) is 2.90. The van der Waals surface area contributed by atoms with Gasteiger partial charge in [0.2, 0.25) is 0 Å². The minimum absolute atomic E-state index is 0.0399. The Morgan fingerprint density at radius 2 is 2.41 bits per heavy atom. The molecule has 0 bridgehead atoms. The van der Waals surface area contributed by atoms with Crippen LogP contribution in [-0.4, -0.2) is 16.5 Å². The fourth-order valence-corrected chi connectivity index (χ4v) is 1.34. The lowest BCUT2D eigenvalue weighted by Gasteiger charge is -1.96. The molecule has 0 saturated heterocycles. The molecule has 1 N–H and O–H groups in total. The Balaban J connectivity index is 2.30. The second kappa shape index (κ2) is 4.42. The molecule has 7 heteroatoms. The van der Waals surface area contributed by atoms with Gasteiger partial charge in [-0.05, 0) is 6.07 Å². The molecule has 0 aliphatic carbocycles. The highest BCUT2D eigenvalue weighted by Gasteiger charge is 2.11. The summed E-state index contributed by atoms with van der Waals surface area (Å²) < 4.78 is 5.28. The van der Waals surface area contributed by atoms with Crippen LogP contribution in [0.4, 0.5) is 11.7 Å². The van der Waals surface area contributed by atoms with Crippen molar-refractivity contribution in [2.75, 3.05) is 11.9 Å². The molecule has 0 amide bonds. The zero-order valence-corrected chi connectivity index (χ0v) is 9.40. The molecule has 0 saturated carbocycles. The molecule has 6 nitrogen and oxygen atoms in total. The molecule has 88 valence electrons. The van der Waals surface area contributed by atoms with Gasteiger partial charge in [0.25, 0.3) is 11.7 Å². The molecule has 2 rings (SSSR count). The molecule has 2 aromatic rings. The molecular weight excluding hydrogens is 246 g/mol. The van der Waals surface area contributed by atoms with Crippen LogP contribution in [0.1, 0.15) is 0 Å². The van der Waals surface area contributed by atoms with Crippen molar-refractivity contribution in [3.63, 3.8) is 0 Å². The number of nitro benzene ring substituents is 1. The van der Waals surface area contributed by atoms with Gasteiger partial charge in [0.15, 0.2) is 5.58 Å². The van der Waals surface area contributed by atoms with Crippen LogP contribution in [0.3, 0.4) is 0 Å². The lowest BCUT2D eigenvalue weighted by atomic mass is 10.3. The smallest absolute Gasteiger partial charge is 0.295 e. The van der Waals surface area contributed by atoms with Crippen LogP contribution in [0.2, 0.25) is 0 Å². The number of non-ortho nitro benzene ring substituents is 1. The number of anilines is 1. The average Bonchev–Trinajstić information content (AvgIpc) is 2.67. The third-order valence-corrected chi connectivity index (χ3v) is 2.15. The van der Waals surface area contributed by atoms with Crippen molar-refractivity contribution in [2.24, 2.45) is 0 Å². The van der Waals surface area contributed by atoms with Gasteiger partial charge in [0.1, 0.15) is 5.52 Å². The van der Waals surface area contributed by atoms with Gasteiger partial charge < -0.3 is 9.73 Å². The van der Waals surface area contributed by atoms with E-state index < -0.39 is 4.92 Å². The van der Waals surface area contributed by atoms with Crippen LogP contribution in [0, 0.1) is 10.1 Å². The van der Waals surface area contributed by atoms with Crippen molar-refractivity contribution in [1.82, 2.24) is 4.98 Å². The van der Waals surface area contributed by atoms with Crippen molar-refractivity contribution in [2.45, 2.75) is 0 Å². The topological polar surface area (TPSA) is 81.2 Å².